The number of rotatable bonds is 4. The van der Waals surface area contributed by atoms with E-state index in [1.165, 1.54) is 12.1 Å². The molecule has 0 aliphatic rings. The van der Waals surface area contributed by atoms with E-state index in [4.69, 9.17) is 10.9 Å². The molecule has 2 rings (SSSR count). The molecule has 6 heteroatoms. The Morgan fingerprint density at radius 3 is 2.85 bits per heavy atom. The molecular formula is C14H15FN4O. The molecule has 0 atom stereocenters. The maximum atomic E-state index is 13.4. The molecule has 2 aromatic rings. The van der Waals surface area contributed by atoms with E-state index in [0.29, 0.717) is 23.6 Å². The van der Waals surface area contributed by atoms with Crippen LogP contribution in [0.15, 0.2) is 47.8 Å². The fourth-order valence-electron chi connectivity index (χ4n) is 2.00. The summed E-state index contributed by atoms with van der Waals surface area (Å²) in [4.78, 5) is 5.95. The minimum Gasteiger partial charge on any atom is -0.409 e. The smallest absolute Gasteiger partial charge is 0.190 e. The van der Waals surface area contributed by atoms with Crippen LogP contribution >= 0.6 is 0 Å². The highest BCUT2D eigenvalue weighted by Crippen LogP contribution is 2.27. The molecular weight excluding hydrogens is 259 g/mol. The van der Waals surface area contributed by atoms with Crippen LogP contribution in [0.25, 0.3) is 0 Å². The first kappa shape index (κ1) is 13.8. The number of pyridine rings is 1. The highest BCUT2D eigenvalue weighted by atomic mass is 19.1. The lowest BCUT2D eigenvalue weighted by Crippen LogP contribution is -2.23. The van der Waals surface area contributed by atoms with E-state index in [-0.39, 0.29) is 11.7 Å². The molecule has 0 aliphatic heterocycles. The van der Waals surface area contributed by atoms with Gasteiger partial charge in [-0.3, -0.25) is 4.98 Å². The molecule has 0 spiro atoms. The second-order valence-electron chi connectivity index (χ2n) is 4.08. The molecule has 1 aromatic heterocycles. The van der Waals surface area contributed by atoms with Crippen molar-refractivity contribution in [3.05, 3.63) is 54.1 Å². The lowest BCUT2D eigenvalue weighted by Gasteiger charge is -2.24. The Morgan fingerprint density at radius 1 is 1.40 bits per heavy atom. The lowest BCUT2D eigenvalue weighted by molar-refractivity contribution is 0.318. The van der Waals surface area contributed by atoms with E-state index >= 15 is 0 Å². The molecule has 5 nitrogen and oxygen atoms in total. The minimum absolute atomic E-state index is 0.0875. The number of amidine groups is 1. The van der Waals surface area contributed by atoms with Crippen LogP contribution < -0.4 is 10.6 Å². The number of nitrogens with zero attached hydrogens (tertiary/aromatic N) is 3. The summed E-state index contributed by atoms with van der Waals surface area (Å²) < 4.78 is 13.4. The Balaban J connectivity index is 2.53. The lowest BCUT2D eigenvalue weighted by atomic mass is 10.2. The maximum absolute atomic E-state index is 13.4. The van der Waals surface area contributed by atoms with Crippen molar-refractivity contribution in [3.8, 4) is 0 Å². The molecule has 0 fully saturated rings. The van der Waals surface area contributed by atoms with Gasteiger partial charge in [-0.05, 0) is 37.3 Å². The summed E-state index contributed by atoms with van der Waals surface area (Å²) in [6.07, 6.45) is 1.55. The zero-order valence-electron chi connectivity index (χ0n) is 11.0. The number of nitrogens with two attached hydrogens (primary N) is 1. The fourth-order valence-corrected chi connectivity index (χ4v) is 2.00. The largest absolute Gasteiger partial charge is 0.409 e. The molecule has 104 valence electrons. The fraction of sp³-hybridized carbons (Fsp3) is 0.143. The van der Waals surface area contributed by atoms with Gasteiger partial charge >= 0.3 is 0 Å². The van der Waals surface area contributed by atoms with E-state index in [2.05, 4.69) is 10.1 Å². The number of anilines is 2. The number of hydrogen-bond acceptors (Lipinski definition) is 4. The van der Waals surface area contributed by atoms with E-state index in [1.807, 2.05) is 11.8 Å². The highest BCUT2D eigenvalue weighted by Gasteiger charge is 2.15. The van der Waals surface area contributed by atoms with Crippen LogP contribution in [0.5, 0.6) is 0 Å². The minimum atomic E-state index is -0.324. The van der Waals surface area contributed by atoms with Gasteiger partial charge < -0.3 is 15.8 Å². The Bertz CT molecular complexity index is 630. The van der Waals surface area contributed by atoms with Gasteiger partial charge in [-0.2, -0.15) is 0 Å². The van der Waals surface area contributed by atoms with Crippen molar-refractivity contribution in [2.45, 2.75) is 6.92 Å². The molecule has 0 saturated heterocycles. The van der Waals surface area contributed by atoms with E-state index in [1.54, 1.807) is 30.5 Å². The molecule has 0 radical (unpaired) electrons. The molecule has 20 heavy (non-hydrogen) atoms. The molecule has 3 N–H and O–H groups in total. The summed E-state index contributed by atoms with van der Waals surface area (Å²) in [5, 5.41) is 11.8. The second kappa shape index (κ2) is 6.01. The Kier molecular flexibility index (Phi) is 4.14. The van der Waals surface area contributed by atoms with Crippen molar-refractivity contribution in [3.63, 3.8) is 0 Å². The molecule has 1 heterocycles. The summed E-state index contributed by atoms with van der Waals surface area (Å²) in [7, 11) is 0. The third-order valence-electron chi connectivity index (χ3n) is 2.86. The third-order valence-corrected chi connectivity index (χ3v) is 2.86. The van der Waals surface area contributed by atoms with Gasteiger partial charge in [-0.25, -0.2) is 4.39 Å². The zero-order chi connectivity index (χ0) is 14.5. The zero-order valence-corrected chi connectivity index (χ0v) is 11.0. The van der Waals surface area contributed by atoms with Crippen LogP contribution in [-0.2, 0) is 0 Å². The number of oxime groups is 1. The second-order valence-corrected chi connectivity index (χ2v) is 4.08. The predicted molar refractivity (Wildman–Crippen MR) is 75.8 cm³/mol. The third kappa shape index (κ3) is 2.69. The highest BCUT2D eigenvalue weighted by molar-refractivity contribution is 6.01. The quantitative estimate of drug-likeness (QED) is 0.389. The monoisotopic (exact) mass is 274 g/mol. The van der Waals surface area contributed by atoms with Gasteiger partial charge in [-0.15, -0.1) is 0 Å². The van der Waals surface area contributed by atoms with Crippen molar-refractivity contribution in [1.82, 2.24) is 4.98 Å². The molecule has 0 amide bonds. The van der Waals surface area contributed by atoms with Crippen LogP contribution in [0.3, 0.4) is 0 Å². The summed E-state index contributed by atoms with van der Waals surface area (Å²) >= 11 is 0. The molecule has 0 bridgehead atoms. The summed E-state index contributed by atoms with van der Waals surface area (Å²) in [6.45, 7) is 2.51. The van der Waals surface area contributed by atoms with Crippen molar-refractivity contribution in [2.24, 2.45) is 10.9 Å². The Labute approximate surface area is 116 Å². The van der Waals surface area contributed by atoms with Crippen LogP contribution in [-0.4, -0.2) is 22.6 Å². The maximum Gasteiger partial charge on any atom is 0.190 e. The van der Waals surface area contributed by atoms with Gasteiger partial charge in [0.25, 0.3) is 0 Å². The topological polar surface area (TPSA) is 74.7 Å². The van der Waals surface area contributed by atoms with E-state index < -0.39 is 0 Å². The SMILES string of the molecule is CCN(c1cccc(F)c1)c1cccnc1/C(N)=N/O. The summed E-state index contributed by atoms with van der Waals surface area (Å²) in [6, 6.07) is 9.75. The predicted octanol–water partition coefficient (Wildman–Crippen LogP) is 2.47. The Morgan fingerprint density at radius 2 is 2.20 bits per heavy atom. The van der Waals surface area contributed by atoms with Crippen LogP contribution in [0, 0.1) is 5.82 Å². The Hall–Kier alpha value is -2.63. The van der Waals surface area contributed by atoms with Crippen LogP contribution in [0.2, 0.25) is 0 Å². The number of benzene rings is 1. The first-order valence-electron chi connectivity index (χ1n) is 6.13. The van der Waals surface area contributed by atoms with Gasteiger partial charge in [0.15, 0.2) is 5.84 Å². The number of aromatic nitrogens is 1. The van der Waals surface area contributed by atoms with Crippen molar-refractivity contribution >= 4 is 17.2 Å². The van der Waals surface area contributed by atoms with Gasteiger partial charge in [0.2, 0.25) is 0 Å². The van der Waals surface area contributed by atoms with Gasteiger partial charge in [0, 0.05) is 18.4 Å². The standard InChI is InChI=1S/C14H15FN4O/c1-2-19(11-6-3-5-10(15)9-11)12-7-4-8-17-13(12)14(16)18-20/h3-9,20H,2H2,1H3,(H2,16,18). The van der Waals surface area contributed by atoms with Gasteiger partial charge in [0.05, 0.1) is 5.69 Å². The first-order chi connectivity index (χ1) is 9.67. The van der Waals surface area contributed by atoms with Crippen LogP contribution in [0.4, 0.5) is 15.8 Å². The number of hydrogen-bond donors (Lipinski definition) is 2. The van der Waals surface area contributed by atoms with Gasteiger partial charge in [-0.1, -0.05) is 11.2 Å². The van der Waals surface area contributed by atoms with E-state index in [9.17, 15) is 4.39 Å². The molecule has 0 saturated carbocycles. The summed E-state index contributed by atoms with van der Waals surface area (Å²) in [5.41, 5.74) is 7.30. The van der Waals surface area contributed by atoms with Gasteiger partial charge in [0.1, 0.15) is 11.5 Å². The number of halogens is 1. The van der Waals surface area contributed by atoms with E-state index in [0.717, 1.165) is 0 Å². The molecule has 1 aromatic carbocycles. The van der Waals surface area contributed by atoms with Crippen molar-refractivity contribution in [2.75, 3.05) is 11.4 Å². The first-order valence-corrected chi connectivity index (χ1v) is 6.13. The normalized spacial score (nSPS) is 11.4. The molecule has 0 unspecified atom stereocenters. The molecule has 0 aliphatic carbocycles. The van der Waals surface area contributed by atoms with Crippen molar-refractivity contribution < 1.29 is 9.60 Å². The average Bonchev–Trinajstić information content (AvgIpc) is 2.48. The average molecular weight is 274 g/mol. The van der Waals surface area contributed by atoms with Crippen LogP contribution in [0.1, 0.15) is 12.6 Å². The van der Waals surface area contributed by atoms with Crippen molar-refractivity contribution in [1.29, 1.82) is 0 Å². The summed E-state index contributed by atoms with van der Waals surface area (Å²) in [5.74, 6) is -0.411.